The molecule has 1 aromatic rings. The van der Waals surface area contributed by atoms with Crippen molar-refractivity contribution >= 4 is 39.7 Å². The summed E-state index contributed by atoms with van der Waals surface area (Å²) < 4.78 is 120. The van der Waals surface area contributed by atoms with Gasteiger partial charge in [0.25, 0.3) is 5.91 Å². The number of amides is 5. The highest BCUT2D eigenvalue weighted by molar-refractivity contribution is 7.91. The highest BCUT2D eigenvalue weighted by Gasteiger charge is 2.69. The summed E-state index contributed by atoms with van der Waals surface area (Å²) in [6.07, 6.45) is -8.38. The van der Waals surface area contributed by atoms with Gasteiger partial charge in [-0.1, -0.05) is 24.3 Å². The zero-order valence-electron chi connectivity index (χ0n) is 29.3. The fraction of sp³-hybridized carbons (Fsp3) is 0.629. The van der Waals surface area contributed by atoms with Crippen molar-refractivity contribution in [3.63, 3.8) is 0 Å². The van der Waals surface area contributed by atoms with Crippen LogP contribution in [0.15, 0.2) is 30.4 Å². The molecule has 6 aliphatic rings. The zero-order valence-corrected chi connectivity index (χ0v) is 30.1. The Morgan fingerprint density at radius 3 is 2.36 bits per heavy atom. The molecular weight excluding hydrogens is 764 g/mol. The molecule has 300 valence electrons. The summed E-state index contributed by atoms with van der Waals surface area (Å²) in [5.74, 6) is -9.72. The minimum absolute atomic E-state index is 0.0230. The predicted octanol–water partition coefficient (Wildman–Crippen LogP) is 3.32. The van der Waals surface area contributed by atoms with Gasteiger partial charge >= 0.3 is 12.3 Å². The zero-order chi connectivity index (χ0) is 39.7. The van der Waals surface area contributed by atoms with Crippen molar-refractivity contribution in [2.45, 2.75) is 118 Å². The Morgan fingerprint density at radius 2 is 1.71 bits per heavy atom. The first-order chi connectivity index (χ1) is 25.8. The molecule has 0 aromatic heterocycles. The molecule has 5 atom stereocenters. The summed E-state index contributed by atoms with van der Waals surface area (Å²) in [4.78, 5) is 70.3. The Hall–Kier alpha value is -4.36. The summed E-state index contributed by atoms with van der Waals surface area (Å²) >= 11 is 0. The van der Waals surface area contributed by atoms with Crippen LogP contribution in [0.2, 0.25) is 0 Å². The maximum atomic E-state index is 15.2. The Balaban J connectivity index is 1.18. The van der Waals surface area contributed by atoms with Crippen molar-refractivity contribution in [2.75, 3.05) is 6.54 Å². The average molecular weight is 804 g/mol. The van der Waals surface area contributed by atoms with Gasteiger partial charge in [0.15, 0.2) is 0 Å². The van der Waals surface area contributed by atoms with Crippen molar-refractivity contribution in [3.8, 4) is 0 Å². The number of fused-ring (bicyclic) bond motifs is 3. The van der Waals surface area contributed by atoms with Crippen LogP contribution in [0.4, 0.5) is 31.1 Å². The van der Waals surface area contributed by atoms with Crippen molar-refractivity contribution in [3.05, 3.63) is 47.3 Å². The number of halogens is 6. The van der Waals surface area contributed by atoms with E-state index in [1.807, 2.05) is 10.0 Å². The van der Waals surface area contributed by atoms with Gasteiger partial charge in [0.05, 0.1) is 18.3 Å². The van der Waals surface area contributed by atoms with Crippen LogP contribution in [0.5, 0.6) is 0 Å². The van der Waals surface area contributed by atoms with Crippen molar-refractivity contribution < 1.29 is 63.5 Å². The third-order valence-corrected chi connectivity index (χ3v) is 13.3. The third-order valence-electron chi connectivity index (χ3n) is 11.4. The number of carbonyl (C=O) groups is 5. The van der Waals surface area contributed by atoms with E-state index in [1.165, 1.54) is 29.2 Å². The molecule has 0 unspecified atom stereocenters. The molecule has 3 heterocycles. The van der Waals surface area contributed by atoms with Crippen molar-refractivity contribution in [1.29, 1.82) is 0 Å². The topological polar surface area (TPSA) is 171 Å². The predicted molar refractivity (Wildman–Crippen MR) is 177 cm³/mol. The maximum absolute atomic E-state index is 15.2. The van der Waals surface area contributed by atoms with E-state index in [9.17, 15) is 50.0 Å². The van der Waals surface area contributed by atoms with Crippen molar-refractivity contribution in [1.82, 2.24) is 25.2 Å². The minimum atomic E-state index is -4.99. The van der Waals surface area contributed by atoms with Gasteiger partial charge in [0.1, 0.15) is 35.0 Å². The summed E-state index contributed by atoms with van der Waals surface area (Å²) in [7, 11) is -4.11. The Morgan fingerprint density at radius 1 is 0.982 bits per heavy atom. The molecule has 5 amide bonds. The fourth-order valence-electron chi connectivity index (χ4n) is 7.62. The molecule has 7 rings (SSSR count). The van der Waals surface area contributed by atoms with Crippen LogP contribution in [0.25, 0.3) is 0 Å². The third kappa shape index (κ3) is 7.61. The number of alkyl halides is 5. The second-order valence-corrected chi connectivity index (χ2v) is 17.4. The Bertz CT molecular complexity index is 1940. The van der Waals surface area contributed by atoms with Gasteiger partial charge in [-0.05, 0) is 56.6 Å². The van der Waals surface area contributed by atoms with E-state index in [1.54, 1.807) is 6.07 Å². The molecule has 20 heteroatoms. The van der Waals surface area contributed by atoms with Gasteiger partial charge in [-0.25, -0.2) is 26.4 Å². The van der Waals surface area contributed by atoms with Crippen LogP contribution in [-0.4, -0.2) is 95.6 Å². The molecule has 0 radical (unpaired) electrons. The number of rotatable bonds is 6. The summed E-state index contributed by atoms with van der Waals surface area (Å²) in [5, 5.41) is 3.76. The van der Waals surface area contributed by atoms with Crippen LogP contribution in [-0.2, 0) is 47.0 Å². The van der Waals surface area contributed by atoms with Crippen molar-refractivity contribution in [2.24, 2.45) is 11.3 Å². The largest absolute Gasteiger partial charge is 0.444 e. The molecule has 4 fully saturated rings. The number of hydrogen-bond acceptors (Lipinski definition) is 8. The van der Waals surface area contributed by atoms with Gasteiger partial charge in [-0.2, -0.15) is 13.2 Å². The number of sulfonamides is 1. The fourth-order valence-corrected chi connectivity index (χ4v) is 8.99. The first kappa shape index (κ1) is 38.9. The SMILES string of the molecule is O=C1N[C@]2(C(=O)NS(=O)(=O)C3CC3)C[C@@H]2/C=C\CCC(F)(F)CC[C@H](NC(=O)C2(C(F)(F)F)CC2)C(=O)N2C[C@H](OC(=O)N3Cc4cccc(F)c4C3)C[C@@H]12. The summed E-state index contributed by atoms with van der Waals surface area (Å²) in [6, 6.07) is 0.727. The molecule has 13 nitrogen and oxygen atoms in total. The molecule has 0 spiro atoms. The lowest BCUT2D eigenvalue weighted by Gasteiger charge is -2.31. The number of hydrogen-bond donors (Lipinski definition) is 3. The van der Waals surface area contributed by atoms with Gasteiger partial charge in [0, 0.05) is 37.3 Å². The van der Waals surface area contributed by atoms with Crippen LogP contribution >= 0.6 is 0 Å². The quantitative estimate of drug-likeness (QED) is 0.291. The number of carbonyl (C=O) groups excluding carboxylic acids is 5. The maximum Gasteiger partial charge on any atom is 0.410 e. The van der Waals surface area contributed by atoms with Crippen LogP contribution in [0, 0.1) is 17.2 Å². The lowest BCUT2D eigenvalue weighted by atomic mass is 10.00. The molecule has 0 bridgehead atoms. The van der Waals surface area contributed by atoms with E-state index >= 15 is 8.78 Å². The second kappa shape index (κ2) is 13.7. The number of nitrogens with zero attached hydrogens (tertiary/aromatic N) is 2. The van der Waals surface area contributed by atoms with E-state index in [-0.39, 0.29) is 31.5 Å². The molecule has 1 saturated heterocycles. The highest BCUT2D eigenvalue weighted by atomic mass is 32.2. The Kier molecular flexibility index (Phi) is 9.68. The molecule has 3 N–H and O–H groups in total. The first-order valence-electron chi connectivity index (χ1n) is 18.1. The lowest BCUT2D eigenvalue weighted by Crippen LogP contribution is -2.59. The van der Waals surface area contributed by atoms with E-state index in [2.05, 4.69) is 5.32 Å². The van der Waals surface area contributed by atoms with Gasteiger partial charge in [-0.15, -0.1) is 0 Å². The smallest absolute Gasteiger partial charge is 0.410 e. The van der Waals surface area contributed by atoms with Gasteiger partial charge in [0.2, 0.25) is 33.7 Å². The second-order valence-electron chi connectivity index (χ2n) is 15.4. The summed E-state index contributed by atoms with van der Waals surface area (Å²) in [6.45, 7) is -0.742. The van der Waals surface area contributed by atoms with Crippen LogP contribution in [0.1, 0.15) is 75.3 Å². The number of benzene rings is 1. The van der Waals surface area contributed by atoms with Crippen LogP contribution in [0.3, 0.4) is 0 Å². The normalized spacial score (nSPS) is 30.7. The average Bonchev–Trinajstić information content (AvgIpc) is 4.04. The monoisotopic (exact) mass is 803 g/mol. The highest BCUT2D eigenvalue weighted by Crippen LogP contribution is 2.58. The van der Waals surface area contributed by atoms with E-state index in [0.717, 1.165) is 4.90 Å². The molecule has 3 aliphatic carbocycles. The summed E-state index contributed by atoms with van der Waals surface area (Å²) in [5.41, 5.74) is -3.90. The number of allylic oxidation sites excluding steroid dienone is 1. The Labute approximate surface area is 311 Å². The molecule has 3 saturated carbocycles. The van der Waals surface area contributed by atoms with Crippen LogP contribution < -0.4 is 15.4 Å². The minimum Gasteiger partial charge on any atom is -0.444 e. The van der Waals surface area contributed by atoms with E-state index in [0.29, 0.717) is 18.4 Å². The number of ether oxygens (including phenoxy) is 1. The first-order valence-corrected chi connectivity index (χ1v) is 19.6. The standard InChI is InChI=1S/C35H39F6N5O8S/c36-24-6-3-4-19-16-45(18-23(19)24)31(51)54-21-14-26-27(47)43-34(30(50)44-55(52,53)22-7-8-22)15-20(34)5-1-2-10-33(37,38)11-9-25(28(48)46(26)17-21)42-29(49)32(12-13-32)35(39,40)41/h1,3-6,20-22,25-26H,2,7-18H2,(H,42,49)(H,43,47)(H,44,50)/b5-1-/t20-,21+,25-,26-,34+/m0/s1. The van der Waals surface area contributed by atoms with E-state index in [4.69, 9.17) is 4.74 Å². The molecule has 3 aliphatic heterocycles. The molecule has 1 aromatic carbocycles. The van der Waals surface area contributed by atoms with Gasteiger partial charge in [-0.3, -0.25) is 28.8 Å². The van der Waals surface area contributed by atoms with Gasteiger partial charge < -0.3 is 20.3 Å². The lowest BCUT2D eigenvalue weighted by molar-refractivity contribution is -0.193. The molecule has 55 heavy (non-hydrogen) atoms. The number of nitrogens with one attached hydrogen (secondary N) is 3. The van der Waals surface area contributed by atoms with E-state index < -0.39 is 143 Å². The molecular formula is C35H39F6N5O8S.